The molecule has 3 heteroatoms. The Morgan fingerprint density at radius 3 is 2.94 bits per heavy atom. The molecule has 2 nitrogen and oxygen atoms in total. The highest BCUT2D eigenvalue weighted by atomic mass is 35.5. The van der Waals surface area contributed by atoms with Crippen LogP contribution in [0, 0.1) is 0 Å². The number of halogens is 1. The maximum atomic E-state index is 9.53. The van der Waals surface area contributed by atoms with E-state index in [-0.39, 0.29) is 6.10 Å². The number of nitrogens with zero attached hydrogens (tertiary/aromatic N) is 1. The quantitative estimate of drug-likeness (QED) is 0.877. The molecule has 16 heavy (non-hydrogen) atoms. The van der Waals surface area contributed by atoms with E-state index >= 15 is 0 Å². The lowest BCUT2D eigenvalue weighted by Crippen LogP contribution is -2.22. The minimum atomic E-state index is -0.272. The van der Waals surface area contributed by atoms with Crippen LogP contribution in [-0.2, 0) is 0 Å². The monoisotopic (exact) mass is 239 g/mol. The first-order valence-corrected chi connectivity index (χ1v) is 6.22. The Bertz CT molecular complexity index is 378. The molecule has 0 aliphatic carbocycles. The largest absolute Gasteiger partial charge is 0.393 e. The highest BCUT2D eigenvalue weighted by Crippen LogP contribution is 2.42. The molecule has 1 aliphatic rings. The average Bonchev–Trinajstić information content (AvgIpc) is 2.57. The maximum absolute atomic E-state index is 9.53. The Morgan fingerprint density at radius 1 is 1.56 bits per heavy atom. The number of aliphatic hydroxyl groups excluding tert-OH is 1. The first-order chi connectivity index (χ1) is 7.63. The number of aliphatic hydroxyl groups is 1. The van der Waals surface area contributed by atoms with Crippen molar-refractivity contribution < 1.29 is 5.11 Å². The van der Waals surface area contributed by atoms with Crippen molar-refractivity contribution in [3.05, 3.63) is 28.8 Å². The summed E-state index contributed by atoms with van der Waals surface area (Å²) in [6.45, 7) is 5.95. The molecule has 1 aromatic rings. The Kier molecular flexibility index (Phi) is 3.41. The Hall–Kier alpha value is -0.730. The van der Waals surface area contributed by atoms with E-state index in [1.54, 1.807) is 0 Å². The minimum Gasteiger partial charge on any atom is -0.393 e. The Labute approximate surface area is 102 Å². The van der Waals surface area contributed by atoms with Crippen molar-refractivity contribution >= 4 is 17.3 Å². The molecular weight excluding hydrogens is 222 g/mol. The Morgan fingerprint density at radius 2 is 2.31 bits per heavy atom. The van der Waals surface area contributed by atoms with Gasteiger partial charge in [0, 0.05) is 29.7 Å². The van der Waals surface area contributed by atoms with E-state index in [0.717, 1.165) is 24.5 Å². The van der Waals surface area contributed by atoms with Crippen LogP contribution < -0.4 is 4.90 Å². The zero-order valence-corrected chi connectivity index (χ0v) is 10.5. The van der Waals surface area contributed by atoms with E-state index < -0.39 is 0 Å². The van der Waals surface area contributed by atoms with Crippen LogP contribution in [0.25, 0.3) is 0 Å². The number of fused-ring (bicyclic) bond motifs is 1. The molecule has 2 rings (SSSR count). The first kappa shape index (κ1) is 11.7. The second kappa shape index (κ2) is 4.64. The molecule has 0 bridgehead atoms. The second-order valence-corrected chi connectivity index (χ2v) is 4.90. The summed E-state index contributed by atoms with van der Waals surface area (Å²) in [6.07, 6.45) is 0.513. The van der Waals surface area contributed by atoms with Gasteiger partial charge in [-0.1, -0.05) is 17.7 Å². The average molecular weight is 240 g/mol. The van der Waals surface area contributed by atoms with Gasteiger partial charge in [-0.2, -0.15) is 0 Å². The molecule has 2 atom stereocenters. The van der Waals surface area contributed by atoms with E-state index in [1.165, 1.54) is 11.3 Å². The van der Waals surface area contributed by atoms with Gasteiger partial charge >= 0.3 is 0 Å². The normalized spacial score (nSPS) is 21.0. The molecule has 1 aromatic carbocycles. The number of benzene rings is 1. The Balaban J connectivity index is 2.35. The van der Waals surface area contributed by atoms with Gasteiger partial charge in [0.05, 0.1) is 6.10 Å². The molecule has 1 N–H and O–H groups in total. The van der Waals surface area contributed by atoms with Crippen LogP contribution in [0.15, 0.2) is 18.2 Å². The van der Waals surface area contributed by atoms with Crippen molar-refractivity contribution in [3.63, 3.8) is 0 Å². The number of hydrogen-bond acceptors (Lipinski definition) is 2. The van der Waals surface area contributed by atoms with Gasteiger partial charge in [-0.3, -0.25) is 0 Å². The van der Waals surface area contributed by atoms with Gasteiger partial charge in [0.2, 0.25) is 0 Å². The SMILES string of the molecule is CCN1CC(CC(C)O)c2c(Cl)cccc21. The topological polar surface area (TPSA) is 23.5 Å². The summed E-state index contributed by atoms with van der Waals surface area (Å²) in [5.74, 6) is 0.364. The molecule has 0 saturated heterocycles. The number of rotatable bonds is 3. The summed E-state index contributed by atoms with van der Waals surface area (Å²) in [5, 5.41) is 10.4. The molecule has 0 fully saturated rings. The lowest BCUT2D eigenvalue weighted by molar-refractivity contribution is 0.176. The fraction of sp³-hybridized carbons (Fsp3) is 0.538. The third kappa shape index (κ3) is 2.04. The summed E-state index contributed by atoms with van der Waals surface area (Å²) >= 11 is 6.26. The lowest BCUT2D eigenvalue weighted by atomic mass is 9.95. The van der Waals surface area contributed by atoms with Crippen molar-refractivity contribution in [2.24, 2.45) is 0 Å². The van der Waals surface area contributed by atoms with Crippen molar-refractivity contribution in [1.82, 2.24) is 0 Å². The fourth-order valence-electron chi connectivity index (χ4n) is 2.56. The third-order valence-corrected chi connectivity index (χ3v) is 3.56. The summed E-state index contributed by atoms with van der Waals surface area (Å²) in [6, 6.07) is 6.05. The summed E-state index contributed by atoms with van der Waals surface area (Å²) in [4.78, 5) is 2.33. The summed E-state index contributed by atoms with van der Waals surface area (Å²) in [7, 11) is 0. The molecule has 1 heterocycles. The highest BCUT2D eigenvalue weighted by Gasteiger charge is 2.30. The standard InChI is InChI=1S/C13H18ClNO/c1-3-15-8-10(7-9(2)16)13-11(14)5-4-6-12(13)15/h4-6,9-10,16H,3,7-8H2,1-2H3. The lowest BCUT2D eigenvalue weighted by Gasteiger charge is -2.17. The molecule has 0 radical (unpaired) electrons. The van der Waals surface area contributed by atoms with Crippen LogP contribution >= 0.6 is 11.6 Å². The van der Waals surface area contributed by atoms with E-state index in [4.69, 9.17) is 11.6 Å². The van der Waals surface area contributed by atoms with Crippen molar-refractivity contribution in [2.75, 3.05) is 18.0 Å². The van der Waals surface area contributed by atoms with Crippen LogP contribution in [0.2, 0.25) is 5.02 Å². The maximum Gasteiger partial charge on any atom is 0.0518 e. The zero-order valence-electron chi connectivity index (χ0n) is 9.78. The van der Waals surface area contributed by atoms with Gasteiger partial charge in [-0.05, 0) is 38.0 Å². The summed E-state index contributed by atoms with van der Waals surface area (Å²) < 4.78 is 0. The zero-order chi connectivity index (χ0) is 11.7. The highest BCUT2D eigenvalue weighted by molar-refractivity contribution is 6.32. The fourth-order valence-corrected chi connectivity index (χ4v) is 2.89. The molecule has 0 amide bonds. The van der Waals surface area contributed by atoms with Gasteiger partial charge in [-0.15, -0.1) is 0 Å². The predicted octanol–water partition coefficient (Wildman–Crippen LogP) is 3.03. The molecular formula is C13H18ClNO. The first-order valence-electron chi connectivity index (χ1n) is 5.85. The number of hydrogen-bond donors (Lipinski definition) is 1. The van der Waals surface area contributed by atoms with Crippen molar-refractivity contribution in [3.8, 4) is 0 Å². The molecule has 88 valence electrons. The smallest absolute Gasteiger partial charge is 0.0518 e. The number of anilines is 1. The molecule has 1 aliphatic heterocycles. The second-order valence-electron chi connectivity index (χ2n) is 4.49. The predicted molar refractivity (Wildman–Crippen MR) is 68.4 cm³/mol. The van der Waals surface area contributed by atoms with E-state index in [1.807, 2.05) is 19.1 Å². The van der Waals surface area contributed by atoms with Crippen LogP contribution in [0.3, 0.4) is 0 Å². The molecule has 0 spiro atoms. The number of likely N-dealkylation sites (N-methyl/N-ethyl adjacent to an activating group) is 1. The third-order valence-electron chi connectivity index (χ3n) is 3.23. The van der Waals surface area contributed by atoms with Crippen molar-refractivity contribution in [2.45, 2.75) is 32.3 Å². The molecule has 0 aromatic heterocycles. The van der Waals surface area contributed by atoms with Gasteiger partial charge in [0.25, 0.3) is 0 Å². The van der Waals surface area contributed by atoms with E-state index in [2.05, 4.69) is 17.9 Å². The summed E-state index contributed by atoms with van der Waals surface area (Å²) in [5.41, 5.74) is 2.45. The molecule has 0 saturated carbocycles. The molecule has 2 unspecified atom stereocenters. The van der Waals surface area contributed by atoms with Crippen LogP contribution in [0.4, 0.5) is 5.69 Å². The van der Waals surface area contributed by atoms with Gasteiger partial charge in [-0.25, -0.2) is 0 Å². The van der Waals surface area contributed by atoms with Crippen LogP contribution in [-0.4, -0.2) is 24.3 Å². The minimum absolute atomic E-state index is 0.272. The van der Waals surface area contributed by atoms with Crippen LogP contribution in [0.5, 0.6) is 0 Å². The van der Waals surface area contributed by atoms with Crippen molar-refractivity contribution in [1.29, 1.82) is 0 Å². The van der Waals surface area contributed by atoms with Gasteiger partial charge in [0.1, 0.15) is 0 Å². The van der Waals surface area contributed by atoms with Gasteiger partial charge < -0.3 is 10.0 Å². The van der Waals surface area contributed by atoms with Gasteiger partial charge in [0.15, 0.2) is 0 Å². The van der Waals surface area contributed by atoms with Crippen LogP contribution in [0.1, 0.15) is 31.7 Å². The van der Waals surface area contributed by atoms with E-state index in [9.17, 15) is 5.11 Å². The van der Waals surface area contributed by atoms with E-state index in [0.29, 0.717) is 5.92 Å².